The van der Waals surface area contributed by atoms with E-state index in [0.717, 1.165) is 11.8 Å². The SMILES string of the molecule is COc1cc(C(=O)O)c(NC=C(C#N)C#N)cc1C. The van der Waals surface area contributed by atoms with Crippen LogP contribution in [0.15, 0.2) is 23.9 Å². The van der Waals surface area contributed by atoms with Crippen molar-refractivity contribution in [3.8, 4) is 17.9 Å². The van der Waals surface area contributed by atoms with Crippen LogP contribution in [-0.4, -0.2) is 18.2 Å². The highest BCUT2D eigenvalue weighted by Crippen LogP contribution is 2.26. The highest BCUT2D eigenvalue weighted by atomic mass is 16.5. The molecule has 0 aliphatic heterocycles. The number of anilines is 1. The Morgan fingerprint density at radius 3 is 2.53 bits per heavy atom. The van der Waals surface area contributed by atoms with Crippen LogP contribution in [0.1, 0.15) is 15.9 Å². The summed E-state index contributed by atoms with van der Waals surface area (Å²) in [6.07, 6.45) is 1.16. The molecule has 0 aliphatic rings. The van der Waals surface area contributed by atoms with E-state index in [9.17, 15) is 4.79 Å². The van der Waals surface area contributed by atoms with Crippen LogP contribution in [0.5, 0.6) is 5.75 Å². The van der Waals surface area contributed by atoms with Crippen molar-refractivity contribution in [1.82, 2.24) is 0 Å². The van der Waals surface area contributed by atoms with E-state index < -0.39 is 5.97 Å². The fraction of sp³-hybridized carbons (Fsp3) is 0.154. The summed E-state index contributed by atoms with van der Waals surface area (Å²) in [6.45, 7) is 1.76. The maximum atomic E-state index is 11.1. The molecule has 6 nitrogen and oxygen atoms in total. The lowest BCUT2D eigenvalue weighted by atomic mass is 10.1. The lowest BCUT2D eigenvalue weighted by Gasteiger charge is -2.11. The van der Waals surface area contributed by atoms with Gasteiger partial charge in [0, 0.05) is 6.20 Å². The molecule has 0 aromatic heterocycles. The van der Waals surface area contributed by atoms with Crippen LogP contribution >= 0.6 is 0 Å². The van der Waals surface area contributed by atoms with Crippen LogP contribution in [0.25, 0.3) is 0 Å². The van der Waals surface area contributed by atoms with Gasteiger partial charge in [0.05, 0.1) is 18.4 Å². The zero-order chi connectivity index (χ0) is 14.4. The minimum atomic E-state index is -1.13. The molecule has 0 amide bonds. The first kappa shape index (κ1) is 14.1. The van der Waals surface area contributed by atoms with Gasteiger partial charge in [0.1, 0.15) is 23.5 Å². The van der Waals surface area contributed by atoms with Crippen LogP contribution in [0.3, 0.4) is 0 Å². The molecule has 0 unspecified atom stereocenters. The van der Waals surface area contributed by atoms with Gasteiger partial charge < -0.3 is 15.2 Å². The number of aromatic carboxylic acids is 1. The van der Waals surface area contributed by atoms with E-state index in [1.807, 2.05) is 0 Å². The number of rotatable bonds is 4. The van der Waals surface area contributed by atoms with E-state index in [1.54, 1.807) is 25.1 Å². The highest BCUT2D eigenvalue weighted by Gasteiger charge is 2.13. The molecule has 0 bridgehead atoms. The van der Waals surface area contributed by atoms with Crippen LogP contribution in [-0.2, 0) is 0 Å². The number of ether oxygens (including phenoxy) is 1. The zero-order valence-corrected chi connectivity index (χ0v) is 10.4. The van der Waals surface area contributed by atoms with Crippen molar-refractivity contribution in [2.75, 3.05) is 12.4 Å². The quantitative estimate of drug-likeness (QED) is 0.799. The van der Waals surface area contributed by atoms with Crippen molar-refractivity contribution in [2.24, 2.45) is 0 Å². The van der Waals surface area contributed by atoms with Crippen molar-refractivity contribution >= 4 is 11.7 Å². The molecule has 0 fully saturated rings. The number of nitrogens with zero attached hydrogens (tertiary/aromatic N) is 2. The third-order valence-corrected chi connectivity index (χ3v) is 2.38. The molecule has 0 spiro atoms. The molecule has 96 valence electrons. The first-order chi connectivity index (χ1) is 9.03. The Hall–Kier alpha value is -2.99. The number of aryl methyl sites for hydroxylation is 1. The molecule has 19 heavy (non-hydrogen) atoms. The smallest absolute Gasteiger partial charge is 0.337 e. The standard InChI is InChI=1S/C13H11N3O3/c1-8-3-11(16-7-9(5-14)6-15)10(13(17)18)4-12(8)19-2/h3-4,7,16H,1-2H3,(H,17,18). The Morgan fingerprint density at radius 2 is 2.05 bits per heavy atom. The number of carboxylic acid groups (broad SMARTS) is 1. The summed E-state index contributed by atoms with van der Waals surface area (Å²) in [7, 11) is 1.45. The average molecular weight is 257 g/mol. The Labute approximate surface area is 110 Å². The molecule has 0 atom stereocenters. The van der Waals surface area contributed by atoms with Gasteiger partial charge in [0.2, 0.25) is 0 Å². The maximum Gasteiger partial charge on any atom is 0.337 e. The molecular weight excluding hydrogens is 246 g/mol. The molecule has 0 saturated carbocycles. The van der Waals surface area contributed by atoms with E-state index in [0.29, 0.717) is 5.75 Å². The van der Waals surface area contributed by atoms with Crippen LogP contribution < -0.4 is 10.1 Å². The van der Waals surface area contributed by atoms with Gasteiger partial charge in [-0.25, -0.2) is 4.79 Å². The van der Waals surface area contributed by atoms with Crippen molar-refractivity contribution < 1.29 is 14.6 Å². The predicted molar refractivity (Wildman–Crippen MR) is 67.6 cm³/mol. The summed E-state index contributed by atoms with van der Waals surface area (Å²) < 4.78 is 5.05. The first-order valence-electron chi connectivity index (χ1n) is 5.22. The lowest BCUT2D eigenvalue weighted by molar-refractivity contribution is 0.0697. The Kier molecular flexibility index (Phi) is 4.50. The molecule has 2 N–H and O–H groups in total. The monoisotopic (exact) mass is 257 g/mol. The van der Waals surface area contributed by atoms with Gasteiger partial charge >= 0.3 is 5.97 Å². The summed E-state index contributed by atoms with van der Waals surface area (Å²) in [6, 6.07) is 6.30. The Balaban J connectivity index is 3.25. The second kappa shape index (κ2) is 6.08. The number of nitrogens with one attached hydrogen (secondary N) is 1. The number of hydrogen-bond donors (Lipinski definition) is 2. The molecule has 0 saturated heterocycles. The second-order valence-corrected chi connectivity index (χ2v) is 3.60. The lowest BCUT2D eigenvalue weighted by Crippen LogP contribution is -2.04. The fourth-order valence-corrected chi connectivity index (χ4v) is 1.44. The van der Waals surface area contributed by atoms with E-state index in [4.69, 9.17) is 20.4 Å². The van der Waals surface area contributed by atoms with E-state index in [1.165, 1.54) is 13.2 Å². The number of hydrogen-bond acceptors (Lipinski definition) is 5. The average Bonchev–Trinajstić information content (AvgIpc) is 2.39. The molecule has 6 heteroatoms. The van der Waals surface area contributed by atoms with Gasteiger partial charge in [-0.3, -0.25) is 0 Å². The topological polar surface area (TPSA) is 106 Å². The first-order valence-corrected chi connectivity index (χ1v) is 5.22. The zero-order valence-electron chi connectivity index (χ0n) is 10.4. The number of methoxy groups -OCH3 is 1. The number of benzene rings is 1. The summed E-state index contributed by atoms with van der Waals surface area (Å²) >= 11 is 0. The van der Waals surface area contributed by atoms with Crippen LogP contribution in [0, 0.1) is 29.6 Å². The van der Waals surface area contributed by atoms with Crippen molar-refractivity contribution in [3.63, 3.8) is 0 Å². The van der Waals surface area contributed by atoms with Crippen molar-refractivity contribution in [2.45, 2.75) is 6.92 Å². The van der Waals surface area contributed by atoms with Gasteiger partial charge in [0.15, 0.2) is 0 Å². The van der Waals surface area contributed by atoms with Gasteiger partial charge in [-0.1, -0.05) is 0 Å². The highest BCUT2D eigenvalue weighted by molar-refractivity contribution is 5.95. The third-order valence-electron chi connectivity index (χ3n) is 2.38. The van der Waals surface area contributed by atoms with Gasteiger partial charge in [-0.2, -0.15) is 10.5 Å². The summed E-state index contributed by atoms with van der Waals surface area (Å²) in [5, 5.41) is 29.0. The number of allylic oxidation sites excluding steroid dienone is 1. The number of carboxylic acids is 1. The second-order valence-electron chi connectivity index (χ2n) is 3.60. The summed E-state index contributed by atoms with van der Waals surface area (Å²) in [5.41, 5.74) is 0.867. The predicted octanol–water partition coefficient (Wildman–Crippen LogP) is 2.04. The normalized spacial score (nSPS) is 8.84. The number of nitriles is 2. The van der Waals surface area contributed by atoms with Crippen molar-refractivity contribution in [1.29, 1.82) is 10.5 Å². The summed E-state index contributed by atoms with van der Waals surface area (Å²) in [4.78, 5) is 11.1. The van der Waals surface area contributed by atoms with Crippen molar-refractivity contribution in [3.05, 3.63) is 35.0 Å². The fourth-order valence-electron chi connectivity index (χ4n) is 1.44. The van der Waals surface area contributed by atoms with E-state index in [-0.39, 0.29) is 16.8 Å². The third kappa shape index (κ3) is 3.24. The van der Waals surface area contributed by atoms with Crippen LogP contribution in [0.2, 0.25) is 0 Å². The van der Waals surface area contributed by atoms with Gasteiger partial charge in [-0.15, -0.1) is 0 Å². The van der Waals surface area contributed by atoms with E-state index >= 15 is 0 Å². The Morgan fingerprint density at radius 1 is 1.42 bits per heavy atom. The number of carbonyl (C=O) groups is 1. The Bertz CT molecular complexity index is 605. The molecule has 1 aromatic carbocycles. The molecule has 0 aliphatic carbocycles. The molecule has 0 heterocycles. The molecular formula is C13H11N3O3. The molecule has 1 aromatic rings. The molecule has 0 radical (unpaired) electrons. The molecule has 1 rings (SSSR count). The minimum Gasteiger partial charge on any atom is -0.496 e. The van der Waals surface area contributed by atoms with Crippen LogP contribution in [0.4, 0.5) is 5.69 Å². The maximum absolute atomic E-state index is 11.1. The summed E-state index contributed by atoms with van der Waals surface area (Å²) in [5.74, 6) is -0.683. The van der Waals surface area contributed by atoms with Gasteiger partial charge in [-0.05, 0) is 24.6 Å². The van der Waals surface area contributed by atoms with Gasteiger partial charge in [0.25, 0.3) is 0 Å². The largest absolute Gasteiger partial charge is 0.496 e. The minimum absolute atomic E-state index is 0.00562. The van der Waals surface area contributed by atoms with E-state index in [2.05, 4.69) is 5.32 Å².